The quantitative estimate of drug-likeness (QED) is 0.241. The minimum Gasteiger partial charge on any atom is -0.507 e. The zero-order valence-corrected chi connectivity index (χ0v) is 21.4. The van der Waals surface area contributed by atoms with Gasteiger partial charge in [-0.1, -0.05) is 12.1 Å². The first-order chi connectivity index (χ1) is 18.3. The van der Waals surface area contributed by atoms with Crippen molar-refractivity contribution in [2.24, 2.45) is 5.73 Å². The maximum atomic E-state index is 13.6. The number of rotatable bonds is 4. The molecule has 3 aliphatic rings. The Bertz CT molecular complexity index is 1400. The molecule has 0 radical (unpaired) electrons. The maximum Gasteiger partial charge on any atom is 0.202 e. The molecule has 1 aliphatic heterocycles. The van der Waals surface area contributed by atoms with Crippen LogP contribution in [0.3, 0.4) is 0 Å². The smallest absolute Gasteiger partial charge is 0.202 e. The van der Waals surface area contributed by atoms with Gasteiger partial charge in [-0.15, -0.1) is 0 Å². The summed E-state index contributed by atoms with van der Waals surface area (Å²) < 4.78 is 16.8. The summed E-state index contributed by atoms with van der Waals surface area (Å²) in [7, 11) is 1.32. The summed E-state index contributed by atoms with van der Waals surface area (Å²) in [6, 6.07) is 3.20. The molecule has 0 aromatic heterocycles. The second kappa shape index (κ2) is 9.37. The molecule has 12 heteroatoms. The molecule has 0 amide bonds. The zero-order chi connectivity index (χ0) is 28.5. The van der Waals surface area contributed by atoms with E-state index in [2.05, 4.69) is 0 Å². The van der Waals surface area contributed by atoms with Gasteiger partial charge in [-0.05, 0) is 19.9 Å². The molecule has 1 heterocycles. The lowest BCUT2D eigenvalue weighted by atomic mass is 9.72. The molecule has 0 spiro atoms. The minimum absolute atomic E-state index is 0.0489. The highest BCUT2D eigenvalue weighted by atomic mass is 16.7. The van der Waals surface area contributed by atoms with Crippen LogP contribution in [0.5, 0.6) is 17.2 Å². The van der Waals surface area contributed by atoms with Crippen LogP contribution in [-0.4, -0.2) is 86.2 Å². The Balaban J connectivity index is 1.70. The molecule has 0 saturated carbocycles. The van der Waals surface area contributed by atoms with Gasteiger partial charge in [0.05, 0.1) is 48.2 Å². The van der Waals surface area contributed by atoms with Crippen LogP contribution in [0, 0.1) is 0 Å². The van der Waals surface area contributed by atoms with E-state index >= 15 is 0 Å². The number of aliphatic hydroxyl groups excluding tert-OH is 2. The largest absolute Gasteiger partial charge is 0.507 e. The molecule has 1 unspecified atom stereocenters. The number of ketones is 3. The molecule has 1 fully saturated rings. The van der Waals surface area contributed by atoms with E-state index < -0.39 is 95.2 Å². The molecule has 39 heavy (non-hydrogen) atoms. The molecule has 2 aliphatic carbocycles. The van der Waals surface area contributed by atoms with Crippen LogP contribution < -0.4 is 10.5 Å². The van der Waals surface area contributed by atoms with Crippen LogP contribution in [0.15, 0.2) is 18.2 Å². The first-order valence-corrected chi connectivity index (χ1v) is 12.4. The van der Waals surface area contributed by atoms with E-state index in [4.69, 9.17) is 19.9 Å². The molecule has 0 bridgehead atoms. The Morgan fingerprint density at radius 1 is 1.08 bits per heavy atom. The van der Waals surface area contributed by atoms with E-state index in [9.17, 15) is 39.9 Å². The fraction of sp³-hybridized carbons (Fsp3) is 0.444. The topological polar surface area (TPSA) is 206 Å². The maximum absolute atomic E-state index is 13.6. The number of phenols is 2. The van der Waals surface area contributed by atoms with Crippen molar-refractivity contribution in [3.8, 4) is 17.2 Å². The SMILES string of the molecule is COc1cccc2c1C(=O)c1c(O)c3c(c(O)c1C2=O)C[C@@](O)(C(C)=O)C[C@@H]3O[C@@H]1O[C@@H](C)[C@@H](O)C(N)[C@H]1O. The summed E-state index contributed by atoms with van der Waals surface area (Å²) in [6.07, 6.45) is -7.43. The van der Waals surface area contributed by atoms with Crippen LogP contribution in [-0.2, 0) is 20.7 Å². The number of hydrogen-bond donors (Lipinski definition) is 6. The summed E-state index contributed by atoms with van der Waals surface area (Å²) in [6.45, 7) is 2.64. The number of hydrogen-bond acceptors (Lipinski definition) is 12. The van der Waals surface area contributed by atoms with Gasteiger partial charge in [0.2, 0.25) is 5.78 Å². The number of benzene rings is 2. The predicted molar refractivity (Wildman–Crippen MR) is 132 cm³/mol. The fourth-order valence-electron chi connectivity index (χ4n) is 5.65. The zero-order valence-electron chi connectivity index (χ0n) is 21.4. The van der Waals surface area contributed by atoms with Gasteiger partial charge in [-0.3, -0.25) is 14.4 Å². The van der Waals surface area contributed by atoms with Crippen LogP contribution in [0.1, 0.15) is 69.3 Å². The second-order valence-electron chi connectivity index (χ2n) is 10.2. The molecule has 7 N–H and O–H groups in total. The number of aromatic hydroxyl groups is 2. The number of ether oxygens (including phenoxy) is 3. The third-order valence-corrected chi connectivity index (χ3v) is 7.93. The van der Waals surface area contributed by atoms with Gasteiger partial charge in [-0.2, -0.15) is 0 Å². The van der Waals surface area contributed by atoms with E-state index in [0.29, 0.717) is 0 Å². The first kappa shape index (κ1) is 27.2. The Morgan fingerprint density at radius 3 is 2.38 bits per heavy atom. The highest BCUT2D eigenvalue weighted by Gasteiger charge is 2.50. The average Bonchev–Trinajstić information content (AvgIpc) is 2.90. The van der Waals surface area contributed by atoms with Gasteiger partial charge in [-0.25, -0.2) is 0 Å². The van der Waals surface area contributed by atoms with Crippen molar-refractivity contribution < 1.29 is 54.1 Å². The number of carbonyl (C=O) groups is 3. The standard InChI is InChI=1S/C27H29NO11/c1-9-20(30)19(28)25(35)26(38-9)39-14-8-27(36,10(2)29)7-12-16(14)24(34)18-17(22(12)32)21(31)11-5-4-6-13(37-3)15(11)23(18)33/h4-6,9,14,19-20,25-26,30,32,34-36H,7-8,28H2,1-3H3/t9-,14-,19?,20+,25+,26-,27-/m0/s1. The summed E-state index contributed by atoms with van der Waals surface area (Å²) >= 11 is 0. The lowest BCUT2D eigenvalue weighted by Gasteiger charge is -2.44. The molecular weight excluding hydrogens is 514 g/mol. The van der Waals surface area contributed by atoms with Gasteiger partial charge in [0.25, 0.3) is 0 Å². The summed E-state index contributed by atoms with van der Waals surface area (Å²) in [5.74, 6) is -3.52. The molecular formula is C27H29NO11. The molecule has 5 rings (SSSR count). The molecule has 2 aromatic rings. The van der Waals surface area contributed by atoms with Gasteiger partial charge < -0.3 is 45.5 Å². The number of Topliss-reactive ketones (excluding diaryl/α,β-unsaturated/α-hetero) is 1. The van der Waals surface area contributed by atoms with E-state index in [1.165, 1.54) is 32.2 Å². The van der Waals surface area contributed by atoms with E-state index in [0.717, 1.165) is 6.92 Å². The number of methoxy groups -OCH3 is 1. The van der Waals surface area contributed by atoms with E-state index in [-0.39, 0.29) is 28.0 Å². The Hall–Kier alpha value is -3.39. The summed E-state index contributed by atoms with van der Waals surface area (Å²) in [5, 5.41) is 54.8. The van der Waals surface area contributed by atoms with Crippen LogP contribution in [0.4, 0.5) is 0 Å². The number of aliphatic hydroxyl groups is 3. The Kier molecular flexibility index (Phi) is 6.53. The minimum atomic E-state index is -2.09. The van der Waals surface area contributed by atoms with Gasteiger partial charge in [0.1, 0.15) is 29.0 Å². The average molecular weight is 544 g/mol. The normalized spacial score (nSPS) is 31.8. The lowest BCUT2D eigenvalue weighted by Crippen LogP contribution is -2.61. The van der Waals surface area contributed by atoms with Crippen molar-refractivity contribution in [1.82, 2.24) is 0 Å². The summed E-state index contributed by atoms with van der Waals surface area (Å²) in [5.41, 5.74) is 2.39. The third-order valence-electron chi connectivity index (χ3n) is 7.93. The Morgan fingerprint density at radius 2 is 1.74 bits per heavy atom. The van der Waals surface area contributed by atoms with E-state index in [1.807, 2.05) is 0 Å². The highest BCUT2D eigenvalue weighted by molar-refractivity contribution is 6.31. The highest BCUT2D eigenvalue weighted by Crippen LogP contribution is 2.52. The molecule has 208 valence electrons. The first-order valence-electron chi connectivity index (χ1n) is 12.4. The van der Waals surface area contributed by atoms with Crippen LogP contribution in [0.25, 0.3) is 0 Å². The molecule has 2 aromatic carbocycles. The number of fused-ring (bicyclic) bond motifs is 3. The lowest BCUT2D eigenvalue weighted by molar-refractivity contribution is -0.286. The van der Waals surface area contributed by atoms with E-state index in [1.54, 1.807) is 0 Å². The number of carbonyl (C=O) groups excluding carboxylic acids is 3. The van der Waals surface area contributed by atoms with Gasteiger partial charge >= 0.3 is 0 Å². The van der Waals surface area contributed by atoms with Crippen molar-refractivity contribution in [3.05, 3.63) is 51.6 Å². The van der Waals surface area contributed by atoms with Crippen molar-refractivity contribution in [1.29, 1.82) is 0 Å². The van der Waals surface area contributed by atoms with Gasteiger partial charge in [0, 0.05) is 29.5 Å². The van der Waals surface area contributed by atoms with Crippen molar-refractivity contribution in [2.75, 3.05) is 7.11 Å². The third kappa shape index (κ3) is 3.94. The Labute approximate surface area is 222 Å². The molecule has 7 atom stereocenters. The number of nitrogens with two attached hydrogens (primary N) is 1. The van der Waals surface area contributed by atoms with Crippen molar-refractivity contribution in [3.63, 3.8) is 0 Å². The van der Waals surface area contributed by atoms with Gasteiger partial charge in [0.15, 0.2) is 17.9 Å². The monoisotopic (exact) mass is 543 g/mol. The second-order valence-corrected chi connectivity index (χ2v) is 10.2. The fourth-order valence-corrected chi connectivity index (χ4v) is 5.65. The summed E-state index contributed by atoms with van der Waals surface area (Å²) in [4.78, 5) is 39.6. The van der Waals surface area contributed by atoms with Crippen LogP contribution in [0.2, 0.25) is 0 Å². The van der Waals surface area contributed by atoms with Crippen molar-refractivity contribution in [2.45, 2.75) is 69.0 Å². The van der Waals surface area contributed by atoms with Crippen LogP contribution >= 0.6 is 0 Å². The number of phenolic OH excluding ortho intramolecular Hbond substituents is 2. The molecule has 1 saturated heterocycles. The predicted octanol–water partition coefficient (Wildman–Crippen LogP) is -0.000300. The molecule has 12 nitrogen and oxygen atoms in total. The van der Waals surface area contributed by atoms with Crippen molar-refractivity contribution >= 4 is 17.3 Å².